The maximum atomic E-state index is 13.6. The van der Waals surface area contributed by atoms with Gasteiger partial charge < -0.3 is 23.5 Å². The number of benzene rings is 1. The molecule has 1 saturated carbocycles. The number of hydrogen-bond acceptors (Lipinski definition) is 5. The fourth-order valence-electron chi connectivity index (χ4n) is 6.49. The summed E-state index contributed by atoms with van der Waals surface area (Å²) in [7, 11) is 0. The zero-order chi connectivity index (χ0) is 23.4. The molecule has 4 heterocycles. The predicted molar refractivity (Wildman–Crippen MR) is 128 cm³/mol. The summed E-state index contributed by atoms with van der Waals surface area (Å²) in [5.41, 5.74) is -1.69. The zero-order valence-corrected chi connectivity index (χ0v) is 20.1. The molecule has 184 valence electrons. The van der Waals surface area contributed by atoms with E-state index in [0.717, 1.165) is 87.8 Å². The van der Waals surface area contributed by atoms with Crippen molar-refractivity contribution < 1.29 is 28.3 Å². The summed E-state index contributed by atoms with van der Waals surface area (Å²) in [4.78, 5) is 13.6. The lowest BCUT2D eigenvalue weighted by Crippen LogP contribution is -2.65. The molecule has 0 radical (unpaired) electrons. The van der Waals surface area contributed by atoms with Crippen LogP contribution in [0.5, 0.6) is 5.75 Å². The molecule has 0 spiro atoms. The van der Waals surface area contributed by atoms with Crippen LogP contribution in [-0.2, 0) is 15.1 Å². The van der Waals surface area contributed by atoms with E-state index in [9.17, 15) is 9.90 Å². The van der Waals surface area contributed by atoms with E-state index in [0.29, 0.717) is 18.3 Å². The first-order valence-corrected chi connectivity index (χ1v) is 13.1. The van der Waals surface area contributed by atoms with Crippen molar-refractivity contribution in [3.05, 3.63) is 54.5 Å². The molecule has 1 N–H and O–H groups in total. The molecular weight excluding hydrogens is 430 g/mol. The van der Waals surface area contributed by atoms with Crippen molar-refractivity contribution >= 4 is 5.97 Å². The number of hydrogen-bond donors (Lipinski definition) is 1. The molecule has 1 aromatic carbocycles. The van der Waals surface area contributed by atoms with Crippen molar-refractivity contribution in [3.63, 3.8) is 0 Å². The van der Waals surface area contributed by atoms with Crippen molar-refractivity contribution in [1.29, 1.82) is 0 Å². The van der Waals surface area contributed by atoms with Crippen LogP contribution in [-0.4, -0.2) is 54.4 Å². The SMILES string of the molecule is O=C(O[C@H]1C[N+]2(CCCOc3ccccc3)CCC1CC2)[C@@](O)(c1ccco1)C1CCCCC1. The van der Waals surface area contributed by atoms with Gasteiger partial charge in [0.15, 0.2) is 6.10 Å². The molecule has 34 heavy (non-hydrogen) atoms. The third kappa shape index (κ3) is 4.76. The van der Waals surface area contributed by atoms with E-state index in [1.54, 1.807) is 12.1 Å². The Morgan fingerprint density at radius 1 is 1.03 bits per heavy atom. The number of piperidine rings is 3. The summed E-state index contributed by atoms with van der Waals surface area (Å²) >= 11 is 0. The first kappa shape index (κ1) is 23.4. The lowest BCUT2D eigenvalue weighted by Gasteiger charge is -2.52. The summed E-state index contributed by atoms with van der Waals surface area (Å²) in [6.07, 6.45) is 9.34. The third-order valence-electron chi connectivity index (χ3n) is 8.49. The molecule has 0 amide bonds. The number of aliphatic hydroxyl groups is 1. The number of furan rings is 1. The van der Waals surface area contributed by atoms with Crippen LogP contribution in [0.3, 0.4) is 0 Å². The molecular formula is C28H38NO5+. The standard InChI is InChI=1S/C28H38NO5/c30-27(28(31,26-13-7-19-33-26)23-9-3-1-4-10-23)34-25-21-29(17-14-22(25)15-18-29)16-8-20-32-24-11-5-2-6-12-24/h2,5-7,11-13,19,22-23,25,31H,1,3-4,8-10,14-18,20-21H2/q+1/t22?,25-,28-,29?/m0/s1. The normalized spacial score (nSPS) is 28.9. The van der Waals surface area contributed by atoms with Crippen molar-refractivity contribution in [2.24, 2.45) is 11.8 Å². The van der Waals surface area contributed by atoms with Crippen LogP contribution >= 0.6 is 0 Å². The number of para-hydroxylation sites is 1. The zero-order valence-electron chi connectivity index (χ0n) is 20.1. The van der Waals surface area contributed by atoms with E-state index in [1.165, 1.54) is 6.26 Å². The molecule has 6 heteroatoms. The number of fused-ring (bicyclic) bond motifs is 3. The summed E-state index contributed by atoms with van der Waals surface area (Å²) in [6.45, 7) is 4.82. The Balaban J connectivity index is 1.22. The third-order valence-corrected chi connectivity index (χ3v) is 8.49. The molecule has 0 unspecified atom stereocenters. The Hall–Kier alpha value is -2.31. The van der Waals surface area contributed by atoms with Gasteiger partial charge >= 0.3 is 5.97 Å². The van der Waals surface area contributed by atoms with E-state index in [2.05, 4.69) is 0 Å². The maximum Gasteiger partial charge on any atom is 0.346 e. The topological polar surface area (TPSA) is 68.9 Å². The van der Waals surface area contributed by atoms with Gasteiger partial charge in [-0.1, -0.05) is 37.5 Å². The Morgan fingerprint density at radius 3 is 2.50 bits per heavy atom. The van der Waals surface area contributed by atoms with E-state index < -0.39 is 11.6 Å². The van der Waals surface area contributed by atoms with Crippen LogP contribution in [0.25, 0.3) is 0 Å². The second kappa shape index (κ2) is 10.1. The van der Waals surface area contributed by atoms with Gasteiger partial charge in [0, 0.05) is 31.1 Å². The van der Waals surface area contributed by atoms with Gasteiger partial charge in [-0.05, 0) is 37.1 Å². The smallest absolute Gasteiger partial charge is 0.346 e. The largest absolute Gasteiger partial charge is 0.493 e. The monoisotopic (exact) mass is 468 g/mol. The molecule has 1 aromatic heterocycles. The molecule has 6 rings (SSSR count). The highest BCUT2D eigenvalue weighted by molar-refractivity contribution is 5.81. The van der Waals surface area contributed by atoms with Gasteiger partial charge in [0.25, 0.3) is 0 Å². The quantitative estimate of drug-likeness (QED) is 0.329. The number of quaternary nitrogens is 1. The molecule has 3 saturated heterocycles. The number of ether oxygens (including phenoxy) is 2. The Labute approximate surface area is 202 Å². The van der Waals surface area contributed by atoms with Crippen molar-refractivity contribution in [3.8, 4) is 5.75 Å². The second-order valence-electron chi connectivity index (χ2n) is 10.6. The Kier molecular flexibility index (Phi) is 6.98. The van der Waals surface area contributed by atoms with Gasteiger partial charge in [-0.2, -0.15) is 0 Å². The van der Waals surface area contributed by atoms with Gasteiger partial charge in [-0.3, -0.25) is 0 Å². The Morgan fingerprint density at radius 2 is 1.79 bits per heavy atom. The number of carbonyl (C=O) groups excluding carboxylic acids is 1. The molecule has 6 nitrogen and oxygen atoms in total. The average Bonchev–Trinajstić information content (AvgIpc) is 3.44. The van der Waals surface area contributed by atoms with Crippen LogP contribution in [0.1, 0.15) is 57.1 Å². The highest BCUT2D eigenvalue weighted by Gasteiger charge is 2.53. The van der Waals surface area contributed by atoms with Crippen LogP contribution in [0.15, 0.2) is 53.1 Å². The summed E-state index contributed by atoms with van der Waals surface area (Å²) in [5, 5.41) is 11.7. The van der Waals surface area contributed by atoms with Gasteiger partial charge in [0.2, 0.25) is 5.60 Å². The molecule has 2 atom stereocenters. The van der Waals surface area contributed by atoms with Crippen LogP contribution in [0, 0.1) is 11.8 Å². The number of carbonyl (C=O) groups is 1. The van der Waals surface area contributed by atoms with E-state index in [-0.39, 0.29) is 12.0 Å². The number of rotatable bonds is 9. The number of nitrogens with zero attached hydrogens (tertiary/aromatic N) is 1. The first-order valence-electron chi connectivity index (χ1n) is 13.1. The second-order valence-corrected chi connectivity index (χ2v) is 10.6. The van der Waals surface area contributed by atoms with Gasteiger partial charge in [-0.15, -0.1) is 0 Å². The Bertz CT molecular complexity index is 916. The molecule has 3 aliphatic heterocycles. The minimum Gasteiger partial charge on any atom is -0.493 e. The fourth-order valence-corrected chi connectivity index (χ4v) is 6.49. The average molecular weight is 469 g/mol. The molecule has 4 aliphatic rings. The summed E-state index contributed by atoms with van der Waals surface area (Å²) in [5.74, 6) is 0.953. The molecule has 1 aliphatic carbocycles. The minimum atomic E-state index is -1.69. The predicted octanol–water partition coefficient (Wildman–Crippen LogP) is 4.67. The first-order chi connectivity index (χ1) is 16.6. The summed E-state index contributed by atoms with van der Waals surface area (Å²) in [6, 6.07) is 13.4. The molecule has 2 bridgehead atoms. The summed E-state index contributed by atoms with van der Waals surface area (Å²) < 4.78 is 18.6. The van der Waals surface area contributed by atoms with Crippen LogP contribution in [0.4, 0.5) is 0 Å². The minimum absolute atomic E-state index is 0.143. The van der Waals surface area contributed by atoms with E-state index in [4.69, 9.17) is 13.9 Å². The molecule has 4 fully saturated rings. The fraction of sp³-hybridized carbons (Fsp3) is 0.607. The van der Waals surface area contributed by atoms with Crippen molar-refractivity contribution in [2.45, 2.75) is 63.1 Å². The van der Waals surface area contributed by atoms with Gasteiger partial charge in [-0.25, -0.2) is 4.79 Å². The highest BCUT2D eigenvalue weighted by Crippen LogP contribution is 2.42. The van der Waals surface area contributed by atoms with Crippen LogP contribution < -0.4 is 4.74 Å². The van der Waals surface area contributed by atoms with E-state index in [1.807, 2.05) is 30.3 Å². The van der Waals surface area contributed by atoms with Crippen LogP contribution in [0.2, 0.25) is 0 Å². The van der Waals surface area contributed by atoms with Crippen molar-refractivity contribution in [1.82, 2.24) is 0 Å². The van der Waals surface area contributed by atoms with Gasteiger partial charge in [0.1, 0.15) is 18.1 Å². The lowest BCUT2D eigenvalue weighted by molar-refractivity contribution is -0.946. The van der Waals surface area contributed by atoms with E-state index >= 15 is 0 Å². The van der Waals surface area contributed by atoms with Gasteiger partial charge in [0.05, 0.1) is 32.5 Å². The number of esters is 1. The lowest BCUT2D eigenvalue weighted by atomic mass is 9.75. The van der Waals surface area contributed by atoms with Crippen molar-refractivity contribution in [2.75, 3.05) is 32.8 Å². The molecule has 2 aromatic rings. The highest BCUT2D eigenvalue weighted by atomic mass is 16.6. The maximum absolute atomic E-state index is 13.6.